The van der Waals surface area contributed by atoms with E-state index >= 15 is 0 Å². The van der Waals surface area contributed by atoms with Crippen molar-refractivity contribution in [2.75, 3.05) is 13.2 Å². The van der Waals surface area contributed by atoms with E-state index < -0.39 is 15.8 Å². The summed E-state index contributed by atoms with van der Waals surface area (Å²) in [6, 6.07) is 2.48. The van der Waals surface area contributed by atoms with Crippen LogP contribution in [0.4, 0.5) is 4.39 Å². The maximum absolute atomic E-state index is 14.0. The molecule has 0 bridgehead atoms. The predicted octanol–water partition coefficient (Wildman–Crippen LogP) is 2.47. The molecule has 1 fully saturated rings. The van der Waals surface area contributed by atoms with Crippen LogP contribution in [0.25, 0.3) is 10.9 Å². The molecular formula is C12H9BrClFN2O3S. The van der Waals surface area contributed by atoms with Crippen LogP contribution in [-0.4, -0.2) is 32.7 Å². The Labute approximate surface area is 133 Å². The fraction of sp³-hybridized carbons (Fsp3) is 0.250. The van der Waals surface area contributed by atoms with Crippen LogP contribution in [-0.2, 0) is 14.8 Å². The van der Waals surface area contributed by atoms with E-state index in [0.717, 1.165) is 6.20 Å². The van der Waals surface area contributed by atoms with Crippen molar-refractivity contribution in [2.45, 2.75) is 10.9 Å². The fourth-order valence-electron chi connectivity index (χ4n) is 1.96. The van der Waals surface area contributed by atoms with Crippen LogP contribution in [0.1, 0.15) is 0 Å². The molecule has 2 heterocycles. The third-order valence-electron chi connectivity index (χ3n) is 3.04. The van der Waals surface area contributed by atoms with Crippen molar-refractivity contribution in [3.05, 3.63) is 33.6 Å². The zero-order valence-corrected chi connectivity index (χ0v) is 13.6. The Hall–Kier alpha value is -0.800. The first-order chi connectivity index (χ1) is 9.88. The molecule has 3 rings (SSSR count). The Balaban J connectivity index is 2.13. The third kappa shape index (κ3) is 2.78. The molecule has 9 heteroatoms. The van der Waals surface area contributed by atoms with Gasteiger partial charge in [-0.25, -0.2) is 17.5 Å². The molecule has 0 unspecified atom stereocenters. The fourth-order valence-corrected chi connectivity index (χ4v) is 4.15. The molecule has 1 N–H and O–H groups in total. The van der Waals surface area contributed by atoms with Crippen LogP contribution in [0.2, 0.25) is 5.02 Å². The van der Waals surface area contributed by atoms with E-state index in [1.165, 1.54) is 6.07 Å². The molecule has 5 nitrogen and oxygen atoms in total. The number of halogens is 3. The molecule has 0 saturated carbocycles. The summed E-state index contributed by atoms with van der Waals surface area (Å²) < 4.78 is 46.4. The largest absolute Gasteiger partial charge is 0.378 e. The van der Waals surface area contributed by atoms with E-state index in [1.807, 2.05) is 0 Å². The first kappa shape index (κ1) is 15.1. The normalized spacial score (nSPS) is 16.1. The number of ether oxygens (including phenoxy) is 1. The van der Waals surface area contributed by atoms with Crippen LogP contribution >= 0.6 is 27.5 Å². The number of hydrogen-bond donors (Lipinski definition) is 1. The topological polar surface area (TPSA) is 68.3 Å². The van der Waals surface area contributed by atoms with Crippen LogP contribution in [0.3, 0.4) is 0 Å². The molecule has 1 saturated heterocycles. The zero-order valence-electron chi connectivity index (χ0n) is 10.4. The number of nitrogens with one attached hydrogen (secondary N) is 1. The highest BCUT2D eigenvalue weighted by Crippen LogP contribution is 2.32. The van der Waals surface area contributed by atoms with Gasteiger partial charge in [0.15, 0.2) is 0 Å². The quantitative estimate of drug-likeness (QED) is 0.867. The Morgan fingerprint density at radius 3 is 2.76 bits per heavy atom. The Kier molecular flexibility index (Phi) is 3.91. The minimum absolute atomic E-state index is 0.0207. The predicted molar refractivity (Wildman–Crippen MR) is 79.3 cm³/mol. The molecule has 0 aliphatic carbocycles. The van der Waals surface area contributed by atoms with Crippen LogP contribution < -0.4 is 4.72 Å². The average Bonchev–Trinajstić information content (AvgIpc) is 2.33. The van der Waals surface area contributed by atoms with Crippen molar-refractivity contribution in [1.82, 2.24) is 9.71 Å². The van der Waals surface area contributed by atoms with E-state index in [4.69, 9.17) is 16.3 Å². The smallest absolute Gasteiger partial charge is 0.244 e. The summed E-state index contributed by atoms with van der Waals surface area (Å²) in [7, 11) is -3.87. The molecule has 112 valence electrons. The van der Waals surface area contributed by atoms with Gasteiger partial charge < -0.3 is 4.74 Å². The van der Waals surface area contributed by atoms with Gasteiger partial charge in [-0.3, -0.25) is 4.98 Å². The highest BCUT2D eigenvalue weighted by Gasteiger charge is 2.28. The van der Waals surface area contributed by atoms with Gasteiger partial charge in [-0.15, -0.1) is 0 Å². The molecular weight excluding hydrogens is 387 g/mol. The van der Waals surface area contributed by atoms with Crippen LogP contribution in [0, 0.1) is 5.82 Å². The van der Waals surface area contributed by atoms with Crippen molar-refractivity contribution in [3.8, 4) is 0 Å². The van der Waals surface area contributed by atoms with E-state index in [9.17, 15) is 12.8 Å². The highest BCUT2D eigenvalue weighted by atomic mass is 79.9. The van der Waals surface area contributed by atoms with Crippen LogP contribution in [0.15, 0.2) is 27.7 Å². The second kappa shape index (κ2) is 5.44. The van der Waals surface area contributed by atoms with Gasteiger partial charge in [0.05, 0.1) is 35.2 Å². The summed E-state index contributed by atoms with van der Waals surface area (Å²) in [5.74, 6) is -0.638. The molecule has 2 aromatic rings. The Morgan fingerprint density at radius 2 is 2.14 bits per heavy atom. The number of pyridine rings is 1. The SMILES string of the molecule is O=S(=O)(NC1COC1)c1cnc2cc(Br)cc(F)c2c1Cl. The summed E-state index contributed by atoms with van der Waals surface area (Å²) in [5.41, 5.74) is 0.276. The van der Waals surface area contributed by atoms with Gasteiger partial charge in [0, 0.05) is 10.7 Å². The number of aromatic nitrogens is 1. The van der Waals surface area contributed by atoms with Gasteiger partial charge in [-0.05, 0) is 12.1 Å². The first-order valence-electron chi connectivity index (χ1n) is 5.92. The summed E-state index contributed by atoms with van der Waals surface area (Å²) in [6.07, 6.45) is 1.12. The van der Waals surface area contributed by atoms with E-state index in [2.05, 4.69) is 25.6 Å². The maximum atomic E-state index is 14.0. The number of fused-ring (bicyclic) bond motifs is 1. The summed E-state index contributed by atoms with van der Waals surface area (Å²) in [5, 5.41) is -0.203. The lowest BCUT2D eigenvalue weighted by Gasteiger charge is -2.26. The molecule has 0 spiro atoms. The number of rotatable bonds is 3. The number of benzene rings is 1. The second-order valence-electron chi connectivity index (χ2n) is 4.57. The third-order valence-corrected chi connectivity index (χ3v) is 5.53. The van der Waals surface area contributed by atoms with Gasteiger partial charge in [0.25, 0.3) is 0 Å². The van der Waals surface area contributed by atoms with Gasteiger partial charge in [0.2, 0.25) is 10.0 Å². The molecule has 1 aliphatic rings. The summed E-state index contributed by atoms with van der Waals surface area (Å²) >= 11 is 9.23. The van der Waals surface area contributed by atoms with Crippen molar-refractivity contribution in [2.24, 2.45) is 0 Å². The van der Waals surface area contributed by atoms with Crippen molar-refractivity contribution >= 4 is 48.5 Å². The molecule has 1 aliphatic heterocycles. The lowest BCUT2D eigenvalue weighted by atomic mass is 10.2. The maximum Gasteiger partial charge on any atom is 0.244 e. The van der Waals surface area contributed by atoms with Gasteiger partial charge in [0.1, 0.15) is 10.7 Å². The van der Waals surface area contributed by atoms with E-state index in [0.29, 0.717) is 17.7 Å². The lowest BCUT2D eigenvalue weighted by Crippen LogP contribution is -2.48. The monoisotopic (exact) mass is 394 g/mol. The number of nitrogens with zero attached hydrogens (tertiary/aromatic N) is 1. The zero-order chi connectivity index (χ0) is 15.2. The van der Waals surface area contributed by atoms with Crippen LogP contribution in [0.5, 0.6) is 0 Å². The standard InChI is InChI=1S/C12H9BrClFN2O3S/c13-6-1-8(15)11-9(2-6)16-3-10(12(11)14)21(18,19)17-7-4-20-5-7/h1-3,7,17H,4-5H2. The molecule has 1 aromatic heterocycles. The second-order valence-corrected chi connectivity index (χ2v) is 7.55. The van der Waals surface area contributed by atoms with Gasteiger partial charge in [-0.1, -0.05) is 27.5 Å². The Bertz CT molecular complexity index is 827. The van der Waals surface area contributed by atoms with Crippen molar-refractivity contribution in [1.29, 1.82) is 0 Å². The lowest BCUT2D eigenvalue weighted by molar-refractivity contribution is 0.00482. The minimum Gasteiger partial charge on any atom is -0.378 e. The minimum atomic E-state index is -3.87. The molecule has 21 heavy (non-hydrogen) atoms. The first-order valence-corrected chi connectivity index (χ1v) is 8.57. The Morgan fingerprint density at radius 1 is 1.43 bits per heavy atom. The molecule has 1 aromatic carbocycles. The van der Waals surface area contributed by atoms with Crippen molar-refractivity contribution < 1.29 is 17.5 Å². The average molecular weight is 396 g/mol. The van der Waals surface area contributed by atoms with Crippen molar-refractivity contribution in [3.63, 3.8) is 0 Å². The van der Waals surface area contributed by atoms with E-state index in [-0.39, 0.29) is 26.9 Å². The van der Waals surface area contributed by atoms with Gasteiger partial charge in [-0.2, -0.15) is 0 Å². The highest BCUT2D eigenvalue weighted by molar-refractivity contribution is 9.10. The number of hydrogen-bond acceptors (Lipinski definition) is 4. The molecule has 0 atom stereocenters. The molecule has 0 radical (unpaired) electrons. The van der Waals surface area contributed by atoms with E-state index in [1.54, 1.807) is 6.07 Å². The number of sulfonamides is 1. The van der Waals surface area contributed by atoms with Gasteiger partial charge >= 0.3 is 0 Å². The molecule has 0 amide bonds. The summed E-state index contributed by atoms with van der Waals surface area (Å²) in [4.78, 5) is 3.73. The summed E-state index contributed by atoms with van der Waals surface area (Å²) in [6.45, 7) is 0.609.